The maximum Gasteiger partial charge on any atom is 0.319 e. The average Bonchev–Trinajstić information content (AvgIpc) is 2.46. The lowest BCUT2D eigenvalue weighted by Crippen LogP contribution is -2.51. The first-order valence-corrected chi connectivity index (χ1v) is 7.57. The smallest absolute Gasteiger partial charge is 0.319 e. The summed E-state index contributed by atoms with van der Waals surface area (Å²) in [4.78, 5) is 24.1. The van der Waals surface area contributed by atoms with Crippen LogP contribution in [-0.4, -0.2) is 32.3 Å². The van der Waals surface area contributed by atoms with E-state index in [1.165, 1.54) is 7.11 Å². The number of carbonyl (C=O) groups excluding carboxylic acids is 2. The lowest BCUT2D eigenvalue weighted by atomic mass is 9.89. The molecule has 2 rings (SSSR count). The summed E-state index contributed by atoms with van der Waals surface area (Å²) in [6.07, 6.45) is 0. The number of nitrogens with one attached hydrogen (secondary N) is 2. The molecule has 2 amide bonds. The highest BCUT2D eigenvalue weighted by Gasteiger charge is 2.40. The fourth-order valence-corrected chi connectivity index (χ4v) is 2.96. The van der Waals surface area contributed by atoms with Crippen LogP contribution in [0.15, 0.2) is 30.5 Å². The van der Waals surface area contributed by atoms with Gasteiger partial charge < -0.3 is 20.1 Å². The second-order valence-corrected chi connectivity index (χ2v) is 5.69. The molecule has 1 aliphatic rings. The average molecular weight is 359 g/mol. The second-order valence-electron chi connectivity index (χ2n) is 4.87. The van der Waals surface area contributed by atoms with Crippen molar-refractivity contribution in [3.63, 3.8) is 0 Å². The predicted molar refractivity (Wildman–Crippen MR) is 86.3 cm³/mol. The van der Waals surface area contributed by atoms with Crippen LogP contribution in [0.5, 0.6) is 0 Å². The maximum atomic E-state index is 12.4. The summed E-state index contributed by atoms with van der Waals surface area (Å²) >= 11 is 12.4. The molecule has 23 heavy (non-hydrogen) atoms. The molecular weight excluding hydrogens is 343 g/mol. The van der Waals surface area contributed by atoms with E-state index in [4.69, 9.17) is 32.7 Å². The van der Waals surface area contributed by atoms with Crippen molar-refractivity contribution in [2.24, 2.45) is 5.92 Å². The maximum absolute atomic E-state index is 12.4. The third-order valence-corrected chi connectivity index (χ3v) is 4.03. The van der Waals surface area contributed by atoms with Crippen LogP contribution in [0.4, 0.5) is 4.79 Å². The lowest BCUT2D eigenvalue weighted by Gasteiger charge is -2.34. The van der Waals surface area contributed by atoms with Gasteiger partial charge >= 0.3 is 12.0 Å². The summed E-state index contributed by atoms with van der Waals surface area (Å²) in [6, 6.07) is 3.68. The van der Waals surface area contributed by atoms with E-state index in [9.17, 15) is 9.59 Å². The van der Waals surface area contributed by atoms with Gasteiger partial charge in [-0.2, -0.15) is 0 Å². The topological polar surface area (TPSA) is 76.7 Å². The van der Waals surface area contributed by atoms with E-state index < -0.39 is 24.0 Å². The fourth-order valence-electron chi connectivity index (χ4n) is 2.33. The number of urea groups is 1. The van der Waals surface area contributed by atoms with E-state index in [1.807, 2.05) is 0 Å². The van der Waals surface area contributed by atoms with E-state index in [0.717, 1.165) is 0 Å². The molecule has 1 aromatic carbocycles. The first-order valence-electron chi connectivity index (χ1n) is 6.81. The van der Waals surface area contributed by atoms with Gasteiger partial charge in [0.1, 0.15) is 12.5 Å². The Kier molecular flexibility index (Phi) is 5.87. The van der Waals surface area contributed by atoms with Gasteiger partial charge in [-0.1, -0.05) is 35.8 Å². The van der Waals surface area contributed by atoms with Crippen molar-refractivity contribution in [1.29, 1.82) is 0 Å². The monoisotopic (exact) mass is 358 g/mol. The van der Waals surface area contributed by atoms with Gasteiger partial charge in [0.05, 0.1) is 12.6 Å². The minimum Gasteiger partial charge on any atom is -0.463 e. The molecule has 2 N–H and O–H groups in total. The Hall–Kier alpha value is -1.76. The van der Waals surface area contributed by atoms with Crippen molar-refractivity contribution >= 4 is 35.2 Å². The van der Waals surface area contributed by atoms with Crippen LogP contribution in [0.25, 0.3) is 0 Å². The number of hydrogen-bond donors (Lipinski definition) is 2. The van der Waals surface area contributed by atoms with Crippen molar-refractivity contribution in [1.82, 2.24) is 10.6 Å². The van der Waals surface area contributed by atoms with Crippen LogP contribution in [-0.2, 0) is 14.3 Å². The molecule has 0 radical (unpaired) electrons. The highest BCUT2D eigenvalue weighted by atomic mass is 35.5. The predicted octanol–water partition coefficient (Wildman–Crippen LogP) is 2.67. The Balaban J connectivity index is 2.34. The number of hydrogen-bond acceptors (Lipinski definition) is 4. The van der Waals surface area contributed by atoms with E-state index in [-0.39, 0.29) is 18.9 Å². The zero-order chi connectivity index (χ0) is 17.0. The van der Waals surface area contributed by atoms with Crippen molar-refractivity contribution in [2.75, 3.05) is 20.3 Å². The molecule has 1 aromatic rings. The number of ether oxygens (including phenoxy) is 2. The van der Waals surface area contributed by atoms with Crippen LogP contribution < -0.4 is 10.6 Å². The molecular formula is C15H16Cl2N2O4. The molecule has 0 aliphatic carbocycles. The number of carbonyl (C=O) groups is 2. The highest BCUT2D eigenvalue weighted by molar-refractivity contribution is 6.36. The number of rotatable bonds is 5. The van der Waals surface area contributed by atoms with Crippen molar-refractivity contribution in [2.45, 2.75) is 6.04 Å². The molecule has 0 unspecified atom stereocenters. The largest absolute Gasteiger partial charge is 0.463 e. The third-order valence-electron chi connectivity index (χ3n) is 3.37. The van der Waals surface area contributed by atoms with Crippen molar-refractivity contribution in [3.8, 4) is 0 Å². The first kappa shape index (κ1) is 17.6. The SMILES string of the molecule is C=C1NC(=O)N[C@H](c2c(Cl)cccc2Cl)[C@H]1C(=O)OCCOC. The number of esters is 1. The highest BCUT2D eigenvalue weighted by Crippen LogP contribution is 2.38. The summed E-state index contributed by atoms with van der Waals surface area (Å²) in [5.74, 6) is -1.41. The Bertz CT molecular complexity index is 616. The molecule has 8 heteroatoms. The van der Waals surface area contributed by atoms with Crippen molar-refractivity contribution < 1.29 is 19.1 Å². The quantitative estimate of drug-likeness (QED) is 0.626. The van der Waals surface area contributed by atoms with Crippen molar-refractivity contribution in [3.05, 3.63) is 46.1 Å². The first-order chi connectivity index (χ1) is 11.0. The van der Waals surface area contributed by atoms with Crippen LogP contribution in [0.3, 0.4) is 0 Å². The summed E-state index contributed by atoms with van der Waals surface area (Å²) in [7, 11) is 1.50. The fraction of sp³-hybridized carbons (Fsp3) is 0.333. The Morgan fingerprint density at radius 2 is 1.96 bits per heavy atom. The minimum absolute atomic E-state index is 0.0933. The number of amides is 2. The van der Waals surface area contributed by atoms with Crippen LogP contribution in [0.1, 0.15) is 11.6 Å². The minimum atomic E-state index is -0.859. The number of methoxy groups -OCH3 is 1. The molecule has 124 valence electrons. The Labute approximate surface area is 143 Å². The molecule has 0 saturated carbocycles. The van der Waals surface area contributed by atoms with E-state index in [1.54, 1.807) is 18.2 Å². The molecule has 6 nitrogen and oxygen atoms in total. The summed E-state index contributed by atoms with van der Waals surface area (Å²) in [6.45, 7) is 4.10. The molecule has 0 aromatic heterocycles. The van der Waals surface area contributed by atoms with Crippen LogP contribution in [0, 0.1) is 5.92 Å². The lowest BCUT2D eigenvalue weighted by molar-refractivity contribution is -0.149. The molecule has 0 spiro atoms. The molecule has 1 saturated heterocycles. The van der Waals surface area contributed by atoms with Gasteiger partial charge in [-0.15, -0.1) is 0 Å². The molecule has 1 aliphatic heterocycles. The van der Waals surface area contributed by atoms with Gasteiger partial charge in [0.25, 0.3) is 0 Å². The second kappa shape index (κ2) is 7.68. The van der Waals surface area contributed by atoms with Gasteiger partial charge in [-0.25, -0.2) is 4.79 Å². The standard InChI is InChI=1S/C15H16Cl2N2O4/c1-8-11(14(20)23-7-6-22-2)13(19-15(21)18-8)12-9(16)4-3-5-10(12)17/h3-5,11,13H,1,6-7H2,2H3,(H2,18,19,21)/t11-,13-/m0/s1. The Morgan fingerprint density at radius 3 is 2.57 bits per heavy atom. The number of halogens is 2. The Morgan fingerprint density at radius 1 is 1.30 bits per heavy atom. The summed E-state index contributed by atoms with van der Waals surface area (Å²) in [5, 5.41) is 5.81. The van der Waals surface area contributed by atoms with Gasteiger partial charge in [0, 0.05) is 28.4 Å². The van der Waals surface area contributed by atoms with Crippen LogP contribution in [0.2, 0.25) is 10.0 Å². The van der Waals surface area contributed by atoms with Gasteiger partial charge in [0.2, 0.25) is 0 Å². The normalized spacial score (nSPS) is 20.7. The summed E-state index contributed by atoms with van der Waals surface area (Å²) < 4.78 is 10.0. The van der Waals surface area contributed by atoms with Gasteiger partial charge in [0.15, 0.2) is 0 Å². The van der Waals surface area contributed by atoms with E-state index in [2.05, 4.69) is 17.2 Å². The zero-order valence-electron chi connectivity index (χ0n) is 12.4. The van der Waals surface area contributed by atoms with Gasteiger partial charge in [-0.05, 0) is 12.1 Å². The van der Waals surface area contributed by atoms with E-state index in [0.29, 0.717) is 15.6 Å². The van der Waals surface area contributed by atoms with Crippen LogP contribution >= 0.6 is 23.2 Å². The summed E-state index contributed by atoms with van der Waals surface area (Å²) in [5.41, 5.74) is 0.665. The molecule has 2 atom stereocenters. The number of benzene rings is 1. The molecule has 1 heterocycles. The molecule has 0 bridgehead atoms. The zero-order valence-corrected chi connectivity index (χ0v) is 13.9. The van der Waals surface area contributed by atoms with E-state index >= 15 is 0 Å². The van der Waals surface area contributed by atoms with Gasteiger partial charge in [-0.3, -0.25) is 4.79 Å². The third kappa shape index (κ3) is 3.96. The molecule has 1 fully saturated rings.